The van der Waals surface area contributed by atoms with Crippen molar-refractivity contribution in [1.82, 2.24) is 0 Å². The van der Waals surface area contributed by atoms with E-state index in [1.807, 2.05) is 19.1 Å². The van der Waals surface area contributed by atoms with Crippen LogP contribution in [0, 0.1) is 13.8 Å². The first kappa shape index (κ1) is 11.3. The van der Waals surface area contributed by atoms with Gasteiger partial charge in [0, 0.05) is 19.8 Å². The Balaban J connectivity index is 0.00000121. The van der Waals surface area contributed by atoms with Gasteiger partial charge < -0.3 is 5.11 Å². The molecule has 0 aliphatic carbocycles. The molecule has 0 amide bonds. The summed E-state index contributed by atoms with van der Waals surface area (Å²) in [6, 6.07) is 5.40. The topological polar surface area (TPSA) is 37.3 Å². The zero-order valence-electron chi connectivity index (χ0n) is 7.16. The minimum atomic E-state index is -0.855. The second-order valence-corrected chi connectivity index (χ2v) is 2.62. The molecule has 61 valence electrons. The van der Waals surface area contributed by atoms with Gasteiger partial charge in [-0.3, -0.25) is 0 Å². The van der Waals surface area contributed by atoms with Crippen LogP contribution < -0.4 is 0 Å². The van der Waals surface area contributed by atoms with Crippen LogP contribution >= 0.6 is 0 Å². The second kappa shape index (κ2) is 4.38. The van der Waals surface area contributed by atoms with Crippen molar-refractivity contribution in [1.29, 1.82) is 0 Å². The van der Waals surface area contributed by atoms with E-state index in [2.05, 4.69) is 0 Å². The van der Waals surface area contributed by atoms with Gasteiger partial charge in [0.1, 0.15) is 0 Å². The normalized spacial score (nSPS) is 8.83. The van der Waals surface area contributed by atoms with Crippen molar-refractivity contribution in [2.45, 2.75) is 13.8 Å². The Bertz CT molecular complexity index is 295. The molecular weight excluding hydrogens is 210 g/mol. The van der Waals surface area contributed by atoms with Crippen LogP contribution in [0.1, 0.15) is 21.5 Å². The number of hydrogen-bond acceptors (Lipinski definition) is 1. The van der Waals surface area contributed by atoms with Gasteiger partial charge in [0.25, 0.3) is 0 Å². The molecule has 0 aliphatic heterocycles. The van der Waals surface area contributed by atoms with Crippen LogP contribution in [-0.4, -0.2) is 30.9 Å². The Kier molecular flexibility index (Phi) is 4.13. The maximum absolute atomic E-state index is 10.6. The third-order valence-corrected chi connectivity index (χ3v) is 1.62. The zero-order valence-corrected chi connectivity index (χ0v) is 9.59. The third kappa shape index (κ3) is 2.43. The fourth-order valence-corrected chi connectivity index (χ4v) is 0.966. The zero-order chi connectivity index (χ0) is 8.43. The van der Waals surface area contributed by atoms with Crippen LogP contribution in [-0.2, 0) is 0 Å². The monoisotopic (exact) mass is 219 g/mol. The van der Waals surface area contributed by atoms with E-state index < -0.39 is 5.97 Å². The van der Waals surface area contributed by atoms with Crippen LogP contribution in [0.25, 0.3) is 0 Å². The van der Waals surface area contributed by atoms with Gasteiger partial charge in [-0.25, -0.2) is 4.79 Å². The van der Waals surface area contributed by atoms with Gasteiger partial charge in [-0.2, -0.15) is 0 Å². The number of benzene rings is 1. The molecule has 0 unspecified atom stereocenters. The van der Waals surface area contributed by atoms with Gasteiger partial charge in [0.15, 0.2) is 0 Å². The summed E-state index contributed by atoms with van der Waals surface area (Å²) < 4.78 is 0. The van der Waals surface area contributed by atoms with E-state index in [4.69, 9.17) is 5.11 Å². The molecule has 0 bridgehead atoms. The van der Waals surface area contributed by atoms with Gasteiger partial charge in [-0.05, 0) is 25.5 Å². The number of rotatable bonds is 1. The number of carboxylic acids is 1. The maximum atomic E-state index is 10.6. The SMILES string of the molecule is Cc1ccc(C)c(C(=O)O)c1.[Ga]. The summed E-state index contributed by atoms with van der Waals surface area (Å²) in [4.78, 5) is 10.6. The number of hydrogen-bond donors (Lipinski definition) is 1. The summed E-state index contributed by atoms with van der Waals surface area (Å²) in [6.45, 7) is 3.68. The van der Waals surface area contributed by atoms with Crippen LogP contribution in [0.3, 0.4) is 0 Å². The molecule has 1 rings (SSSR count). The van der Waals surface area contributed by atoms with Gasteiger partial charge in [0.2, 0.25) is 0 Å². The van der Waals surface area contributed by atoms with Crippen molar-refractivity contribution in [3.63, 3.8) is 0 Å². The summed E-state index contributed by atoms with van der Waals surface area (Å²) in [6.07, 6.45) is 0. The van der Waals surface area contributed by atoms with Crippen molar-refractivity contribution in [3.05, 3.63) is 34.9 Å². The summed E-state index contributed by atoms with van der Waals surface area (Å²) in [5.74, 6) is -0.855. The van der Waals surface area contributed by atoms with Crippen LogP contribution in [0.15, 0.2) is 18.2 Å². The van der Waals surface area contributed by atoms with Crippen LogP contribution in [0.2, 0.25) is 0 Å². The molecular formula is C9H10GaO2. The second-order valence-electron chi connectivity index (χ2n) is 2.62. The Morgan fingerprint density at radius 3 is 2.33 bits per heavy atom. The Morgan fingerprint density at radius 1 is 1.33 bits per heavy atom. The number of carboxylic acid groups (broad SMARTS) is 1. The van der Waals surface area contributed by atoms with Gasteiger partial charge in [0.05, 0.1) is 5.56 Å². The van der Waals surface area contributed by atoms with E-state index in [0.29, 0.717) is 5.56 Å². The molecule has 0 saturated heterocycles. The quantitative estimate of drug-likeness (QED) is 0.730. The van der Waals surface area contributed by atoms with E-state index in [-0.39, 0.29) is 19.8 Å². The van der Waals surface area contributed by atoms with Crippen molar-refractivity contribution < 1.29 is 9.90 Å². The molecule has 1 aromatic carbocycles. The summed E-state index contributed by atoms with van der Waals surface area (Å²) >= 11 is 0. The van der Waals surface area contributed by atoms with E-state index >= 15 is 0 Å². The van der Waals surface area contributed by atoms with Gasteiger partial charge >= 0.3 is 5.97 Å². The molecule has 3 heteroatoms. The molecule has 2 nitrogen and oxygen atoms in total. The predicted molar refractivity (Wildman–Crippen MR) is 48.6 cm³/mol. The van der Waals surface area contributed by atoms with Crippen LogP contribution in [0.4, 0.5) is 0 Å². The van der Waals surface area contributed by atoms with Crippen molar-refractivity contribution in [2.75, 3.05) is 0 Å². The standard InChI is InChI=1S/C9H10O2.Ga/c1-6-3-4-7(2)8(5-6)9(10)11;/h3-5H,1-2H3,(H,10,11);. The molecule has 1 aromatic rings. The van der Waals surface area contributed by atoms with Gasteiger partial charge in [-0.15, -0.1) is 0 Å². The van der Waals surface area contributed by atoms with Gasteiger partial charge in [-0.1, -0.05) is 17.7 Å². The first-order valence-electron chi connectivity index (χ1n) is 3.42. The summed E-state index contributed by atoms with van der Waals surface area (Å²) in [5.41, 5.74) is 2.18. The molecule has 12 heavy (non-hydrogen) atoms. The first-order valence-corrected chi connectivity index (χ1v) is 3.42. The molecule has 3 radical (unpaired) electrons. The molecule has 0 aromatic heterocycles. The summed E-state index contributed by atoms with van der Waals surface area (Å²) in [7, 11) is 0. The Hall–Kier alpha value is -0.674. The average Bonchev–Trinajstić information content (AvgIpc) is 1.94. The minimum Gasteiger partial charge on any atom is -0.478 e. The molecule has 1 N–H and O–H groups in total. The average molecular weight is 220 g/mol. The minimum absolute atomic E-state index is 0. The van der Waals surface area contributed by atoms with E-state index in [0.717, 1.165) is 11.1 Å². The van der Waals surface area contributed by atoms with Crippen LogP contribution in [0.5, 0.6) is 0 Å². The fourth-order valence-electron chi connectivity index (χ4n) is 0.966. The fraction of sp³-hybridized carbons (Fsp3) is 0.222. The first-order chi connectivity index (χ1) is 5.11. The van der Waals surface area contributed by atoms with Crippen molar-refractivity contribution in [2.24, 2.45) is 0 Å². The third-order valence-electron chi connectivity index (χ3n) is 1.62. The maximum Gasteiger partial charge on any atom is 0.335 e. The molecule has 0 saturated carbocycles. The summed E-state index contributed by atoms with van der Waals surface area (Å²) in [5, 5.41) is 8.69. The smallest absolute Gasteiger partial charge is 0.335 e. The number of carbonyl (C=O) groups is 1. The van der Waals surface area contributed by atoms with E-state index in [1.54, 1.807) is 13.0 Å². The number of aromatic carboxylic acids is 1. The van der Waals surface area contributed by atoms with E-state index in [9.17, 15) is 4.79 Å². The van der Waals surface area contributed by atoms with Crippen molar-refractivity contribution in [3.8, 4) is 0 Å². The predicted octanol–water partition coefficient (Wildman–Crippen LogP) is 1.62. The van der Waals surface area contributed by atoms with E-state index in [1.165, 1.54) is 0 Å². The Labute approximate surface area is 84.7 Å². The molecule has 0 fully saturated rings. The molecule has 0 heterocycles. The van der Waals surface area contributed by atoms with Crippen molar-refractivity contribution >= 4 is 25.8 Å². The molecule has 0 aliphatic rings. The largest absolute Gasteiger partial charge is 0.478 e. The number of aryl methyl sites for hydroxylation is 2. The molecule has 0 spiro atoms. The Morgan fingerprint density at radius 2 is 1.92 bits per heavy atom. The molecule has 0 atom stereocenters.